The number of hydrogen-bond donors (Lipinski definition) is 0. The van der Waals surface area contributed by atoms with Crippen LogP contribution >= 0.6 is 0 Å². The SMILES string of the molecule is C1=Cc2ccccc2C1.Cc1ccc(F)cc1. The summed E-state index contributed by atoms with van der Waals surface area (Å²) in [7, 11) is 0. The van der Waals surface area contributed by atoms with Gasteiger partial charge in [0.15, 0.2) is 0 Å². The lowest BCUT2D eigenvalue weighted by atomic mass is 10.1. The quantitative estimate of drug-likeness (QED) is 0.625. The van der Waals surface area contributed by atoms with E-state index in [1.807, 2.05) is 6.92 Å². The highest BCUT2D eigenvalue weighted by atomic mass is 19.1. The molecule has 0 saturated carbocycles. The first-order valence-electron chi connectivity index (χ1n) is 5.72. The van der Waals surface area contributed by atoms with Gasteiger partial charge in [-0.2, -0.15) is 0 Å². The first-order chi connectivity index (χ1) is 8.25. The van der Waals surface area contributed by atoms with Gasteiger partial charge in [0.2, 0.25) is 0 Å². The van der Waals surface area contributed by atoms with Crippen molar-refractivity contribution in [2.45, 2.75) is 13.3 Å². The van der Waals surface area contributed by atoms with Gasteiger partial charge in [0.25, 0.3) is 0 Å². The van der Waals surface area contributed by atoms with E-state index in [1.165, 1.54) is 23.3 Å². The van der Waals surface area contributed by atoms with Crippen LogP contribution in [0, 0.1) is 12.7 Å². The molecule has 0 N–H and O–H groups in total. The highest BCUT2D eigenvalue weighted by Crippen LogP contribution is 2.17. The summed E-state index contributed by atoms with van der Waals surface area (Å²) in [5.41, 5.74) is 3.93. The van der Waals surface area contributed by atoms with Gasteiger partial charge >= 0.3 is 0 Å². The molecule has 0 saturated heterocycles. The number of halogens is 1. The Balaban J connectivity index is 0.000000128. The zero-order valence-electron chi connectivity index (χ0n) is 9.86. The van der Waals surface area contributed by atoms with Crippen molar-refractivity contribution in [1.82, 2.24) is 0 Å². The van der Waals surface area contributed by atoms with Crippen molar-refractivity contribution in [2.75, 3.05) is 0 Å². The fourth-order valence-corrected chi connectivity index (χ4v) is 1.73. The Morgan fingerprint density at radius 1 is 0.941 bits per heavy atom. The molecule has 0 bridgehead atoms. The third kappa shape index (κ3) is 3.28. The molecule has 0 unspecified atom stereocenters. The lowest BCUT2D eigenvalue weighted by Crippen LogP contribution is -1.76. The number of hydrogen-bond acceptors (Lipinski definition) is 0. The van der Waals surface area contributed by atoms with Crippen LogP contribution in [0.4, 0.5) is 4.39 Å². The maximum atomic E-state index is 12.1. The molecule has 1 aliphatic rings. The van der Waals surface area contributed by atoms with Crippen LogP contribution in [0.25, 0.3) is 6.08 Å². The summed E-state index contributed by atoms with van der Waals surface area (Å²) in [4.78, 5) is 0. The zero-order valence-corrected chi connectivity index (χ0v) is 9.86. The molecule has 2 aromatic carbocycles. The molecule has 0 spiro atoms. The summed E-state index contributed by atoms with van der Waals surface area (Å²) in [6.45, 7) is 1.93. The second-order valence-electron chi connectivity index (χ2n) is 4.10. The van der Waals surface area contributed by atoms with Crippen LogP contribution in [0.2, 0.25) is 0 Å². The fraction of sp³-hybridized carbons (Fsp3) is 0.125. The van der Waals surface area contributed by atoms with Crippen LogP contribution in [0.15, 0.2) is 54.6 Å². The van der Waals surface area contributed by atoms with Crippen LogP contribution in [0.3, 0.4) is 0 Å². The number of allylic oxidation sites excluding steroid dienone is 1. The van der Waals surface area contributed by atoms with Gasteiger partial charge in [0.05, 0.1) is 0 Å². The van der Waals surface area contributed by atoms with E-state index in [-0.39, 0.29) is 5.82 Å². The minimum atomic E-state index is -0.171. The summed E-state index contributed by atoms with van der Waals surface area (Å²) in [6.07, 6.45) is 5.50. The van der Waals surface area contributed by atoms with Gasteiger partial charge in [-0.15, -0.1) is 0 Å². The molecule has 1 heteroatoms. The molecule has 2 aromatic rings. The third-order valence-electron chi connectivity index (χ3n) is 2.70. The summed E-state index contributed by atoms with van der Waals surface area (Å²) >= 11 is 0. The standard InChI is InChI=1S/C9H8.C7H7F/c1-2-5-9-7-3-6-8(9)4-1;1-6-2-4-7(8)5-3-6/h1-6H,7H2;2-5H,1H3. The van der Waals surface area contributed by atoms with Crippen LogP contribution < -0.4 is 0 Å². The van der Waals surface area contributed by atoms with Gasteiger partial charge in [0.1, 0.15) is 5.82 Å². The Kier molecular flexibility index (Phi) is 3.71. The molecule has 0 fully saturated rings. The first kappa shape index (κ1) is 11.6. The molecule has 1 aliphatic carbocycles. The van der Waals surface area contributed by atoms with Crippen molar-refractivity contribution >= 4 is 6.08 Å². The molecule has 0 radical (unpaired) electrons. The predicted molar refractivity (Wildman–Crippen MR) is 70.3 cm³/mol. The monoisotopic (exact) mass is 226 g/mol. The summed E-state index contributed by atoms with van der Waals surface area (Å²) < 4.78 is 12.1. The Morgan fingerprint density at radius 3 is 2.29 bits per heavy atom. The Hall–Kier alpha value is -1.89. The predicted octanol–water partition coefficient (Wildman–Crippen LogP) is 4.39. The maximum Gasteiger partial charge on any atom is 0.123 e. The van der Waals surface area contributed by atoms with Crippen molar-refractivity contribution < 1.29 is 4.39 Å². The van der Waals surface area contributed by atoms with Crippen molar-refractivity contribution in [3.05, 3.63) is 77.1 Å². The summed E-state index contributed by atoms with van der Waals surface area (Å²) in [5.74, 6) is -0.171. The molecule has 0 heterocycles. The number of benzene rings is 2. The second-order valence-corrected chi connectivity index (χ2v) is 4.10. The van der Waals surface area contributed by atoms with Gasteiger partial charge < -0.3 is 0 Å². The van der Waals surface area contributed by atoms with Crippen molar-refractivity contribution in [3.63, 3.8) is 0 Å². The minimum Gasteiger partial charge on any atom is -0.207 e. The lowest BCUT2D eigenvalue weighted by Gasteiger charge is -1.93. The van der Waals surface area contributed by atoms with Crippen LogP contribution in [0.5, 0.6) is 0 Å². The Bertz CT molecular complexity index is 488. The van der Waals surface area contributed by atoms with E-state index >= 15 is 0 Å². The van der Waals surface area contributed by atoms with Crippen molar-refractivity contribution in [3.8, 4) is 0 Å². The average Bonchev–Trinajstić information content (AvgIpc) is 2.82. The van der Waals surface area contributed by atoms with E-state index in [1.54, 1.807) is 12.1 Å². The molecule has 0 amide bonds. The molecule has 3 rings (SSSR count). The molecule has 86 valence electrons. The Morgan fingerprint density at radius 2 is 1.65 bits per heavy atom. The van der Waals surface area contributed by atoms with Crippen LogP contribution in [-0.4, -0.2) is 0 Å². The molecule has 17 heavy (non-hydrogen) atoms. The highest BCUT2D eigenvalue weighted by Gasteiger charge is 2.00. The molecular formula is C16H15F. The van der Waals surface area contributed by atoms with E-state index in [9.17, 15) is 4.39 Å². The molecule has 0 aliphatic heterocycles. The zero-order chi connectivity index (χ0) is 12.1. The first-order valence-corrected chi connectivity index (χ1v) is 5.72. The van der Waals surface area contributed by atoms with E-state index in [4.69, 9.17) is 0 Å². The fourth-order valence-electron chi connectivity index (χ4n) is 1.73. The van der Waals surface area contributed by atoms with Crippen molar-refractivity contribution in [2.24, 2.45) is 0 Å². The van der Waals surface area contributed by atoms with Gasteiger partial charge in [-0.05, 0) is 36.6 Å². The average molecular weight is 226 g/mol. The largest absolute Gasteiger partial charge is 0.207 e. The molecule has 0 aromatic heterocycles. The third-order valence-corrected chi connectivity index (χ3v) is 2.70. The second kappa shape index (κ2) is 5.44. The Labute approximate surface area is 101 Å². The minimum absolute atomic E-state index is 0.171. The highest BCUT2D eigenvalue weighted by molar-refractivity contribution is 5.59. The van der Waals surface area contributed by atoms with Gasteiger partial charge in [-0.25, -0.2) is 4.39 Å². The number of aryl methyl sites for hydroxylation is 1. The van der Waals surface area contributed by atoms with E-state index in [2.05, 4.69) is 36.4 Å². The topological polar surface area (TPSA) is 0 Å². The summed E-state index contributed by atoms with van der Waals surface area (Å²) in [5, 5.41) is 0. The maximum absolute atomic E-state index is 12.1. The van der Waals surface area contributed by atoms with E-state index in [0.29, 0.717) is 0 Å². The van der Waals surface area contributed by atoms with Crippen LogP contribution in [-0.2, 0) is 6.42 Å². The van der Waals surface area contributed by atoms with Gasteiger partial charge in [0, 0.05) is 0 Å². The van der Waals surface area contributed by atoms with Crippen LogP contribution in [0.1, 0.15) is 16.7 Å². The van der Waals surface area contributed by atoms with Gasteiger partial charge in [-0.3, -0.25) is 0 Å². The summed E-state index contributed by atoms with van der Waals surface area (Å²) in [6, 6.07) is 14.9. The molecule has 0 nitrogen and oxygen atoms in total. The van der Waals surface area contributed by atoms with Gasteiger partial charge in [-0.1, -0.05) is 54.1 Å². The smallest absolute Gasteiger partial charge is 0.123 e. The lowest BCUT2D eigenvalue weighted by molar-refractivity contribution is 0.627. The van der Waals surface area contributed by atoms with Crippen molar-refractivity contribution in [1.29, 1.82) is 0 Å². The van der Waals surface area contributed by atoms with E-state index < -0.39 is 0 Å². The normalized spacial score (nSPS) is 11.6. The molecule has 0 atom stereocenters. The number of fused-ring (bicyclic) bond motifs is 1. The molecular weight excluding hydrogens is 211 g/mol. The van der Waals surface area contributed by atoms with E-state index in [0.717, 1.165) is 12.0 Å². The number of rotatable bonds is 0.